The molecule has 2 amide bonds. The van der Waals surface area contributed by atoms with Crippen LogP contribution in [0.15, 0.2) is 18.2 Å². The van der Waals surface area contributed by atoms with Crippen molar-refractivity contribution in [2.75, 3.05) is 13.1 Å². The first-order chi connectivity index (χ1) is 8.93. The van der Waals surface area contributed by atoms with E-state index in [1.807, 2.05) is 0 Å². The molecule has 0 fully saturated rings. The van der Waals surface area contributed by atoms with Gasteiger partial charge < -0.3 is 10.6 Å². The van der Waals surface area contributed by atoms with Gasteiger partial charge in [0, 0.05) is 26.1 Å². The lowest BCUT2D eigenvalue weighted by atomic mass is 10.2. The molecular formula is C11H12ClN3O4. The topological polar surface area (TPSA) is 101 Å². The molecule has 2 N–H and O–H groups in total. The summed E-state index contributed by atoms with van der Waals surface area (Å²) in [6.45, 7) is 1.84. The fourth-order valence-electron chi connectivity index (χ4n) is 1.35. The Kier molecular flexibility index (Phi) is 5.25. The van der Waals surface area contributed by atoms with Crippen molar-refractivity contribution in [1.29, 1.82) is 0 Å². The maximum absolute atomic E-state index is 11.8. The zero-order valence-corrected chi connectivity index (χ0v) is 10.9. The molecular weight excluding hydrogens is 274 g/mol. The van der Waals surface area contributed by atoms with Gasteiger partial charge in [-0.1, -0.05) is 17.7 Å². The molecule has 0 aliphatic rings. The van der Waals surface area contributed by atoms with Crippen LogP contribution in [0.3, 0.4) is 0 Å². The predicted octanol–water partition coefficient (Wildman–Crippen LogP) is 1.11. The van der Waals surface area contributed by atoms with Crippen LogP contribution in [0.5, 0.6) is 0 Å². The van der Waals surface area contributed by atoms with Crippen molar-refractivity contribution >= 4 is 29.1 Å². The van der Waals surface area contributed by atoms with Crippen molar-refractivity contribution < 1.29 is 14.5 Å². The zero-order chi connectivity index (χ0) is 14.4. The largest absolute Gasteiger partial charge is 0.355 e. The quantitative estimate of drug-likeness (QED) is 0.481. The van der Waals surface area contributed by atoms with Gasteiger partial charge in [0.2, 0.25) is 5.91 Å². The molecule has 0 bridgehead atoms. The van der Waals surface area contributed by atoms with Crippen molar-refractivity contribution in [1.82, 2.24) is 10.6 Å². The van der Waals surface area contributed by atoms with Gasteiger partial charge in [-0.2, -0.15) is 0 Å². The SMILES string of the molecule is CC(=O)NCCNC(=O)c1cccc([N+](=O)[O-])c1Cl. The number of rotatable bonds is 5. The summed E-state index contributed by atoms with van der Waals surface area (Å²) < 4.78 is 0. The first kappa shape index (κ1) is 14.9. The molecule has 0 atom stereocenters. The molecule has 1 aromatic rings. The highest BCUT2D eigenvalue weighted by Crippen LogP contribution is 2.27. The Labute approximate surface area is 114 Å². The number of carbonyl (C=O) groups is 2. The van der Waals surface area contributed by atoms with Gasteiger partial charge in [0.1, 0.15) is 5.02 Å². The highest BCUT2D eigenvalue weighted by atomic mass is 35.5. The molecule has 0 radical (unpaired) electrons. The van der Waals surface area contributed by atoms with E-state index in [-0.39, 0.29) is 35.3 Å². The van der Waals surface area contributed by atoms with Crippen LogP contribution in [-0.4, -0.2) is 29.8 Å². The van der Waals surface area contributed by atoms with E-state index in [9.17, 15) is 19.7 Å². The molecule has 0 aliphatic carbocycles. The Morgan fingerprint density at radius 3 is 2.53 bits per heavy atom. The second-order valence-corrected chi connectivity index (χ2v) is 4.01. The predicted molar refractivity (Wildman–Crippen MR) is 69.1 cm³/mol. The molecule has 19 heavy (non-hydrogen) atoms. The molecule has 0 aromatic heterocycles. The first-order valence-corrected chi connectivity index (χ1v) is 5.77. The van der Waals surface area contributed by atoms with Crippen LogP contribution in [0.25, 0.3) is 0 Å². The summed E-state index contributed by atoms with van der Waals surface area (Å²) in [5.41, 5.74) is -0.296. The molecule has 8 heteroatoms. The molecule has 1 aromatic carbocycles. The number of benzene rings is 1. The molecule has 0 heterocycles. The van der Waals surface area contributed by atoms with Crippen LogP contribution >= 0.6 is 11.6 Å². The van der Waals surface area contributed by atoms with Crippen molar-refractivity contribution in [2.24, 2.45) is 0 Å². The highest BCUT2D eigenvalue weighted by Gasteiger charge is 2.19. The van der Waals surface area contributed by atoms with E-state index in [0.29, 0.717) is 0 Å². The Hall–Kier alpha value is -2.15. The van der Waals surface area contributed by atoms with E-state index in [1.54, 1.807) is 0 Å². The third-order valence-corrected chi connectivity index (χ3v) is 2.60. The van der Waals surface area contributed by atoms with Crippen molar-refractivity contribution in [3.8, 4) is 0 Å². The van der Waals surface area contributed by atoms with Gasteiger partial charge in [-0.15, -0.1) is 0 Å². The number of carbonyl (C=O) groups excluding carboxylic acids is 2. The number of amides is 2. The summed E-state index contributed by atoms with van der Waals surface area (Å²) in [5.74, 6) is -0.735. The lowest BCUT2D eigenvalue weighted by Gasteiger charge is -2.07. The number of nitro groups is 1. The number of halogens is 1. The number of nitrogens with zero attached hydrogens (tertiary/aromatic N) is 1. The minimum atomic E-state index is -0.656. The average molecular weight is 286 g/mol. The standard InChI is InChI=1S/C11H12ClN3O4/c1-7(16)13-5-6-14-11(17)8-3-2-4-9(10(8)12)15(18)19/h2-4H,5-6H2,1H3,(H,13,16)(H,14,17). The van der Waals surface area contributed by atoms with Gasteiger partial charge >= 0.3 is 0 Å². The average Bonchev–Trinajstić information content (AvgIpc) is 2.34. The lowest BCUT2D eigenvalue weighted by Crippen LogP contribution is -2.33. The van der Waals surface area contributed by atoms with Crippen molar-refractivity contribution in [2.45, 2.75) is 6.92 Å². The van der Waals surface area contributed by atoms with Crippen LogP contribution in [0.1, 0.15) is 17.3 Å². The molecule has 102 valence electrons. The van der Waals surface area contributed by atoms with E-state index >= 15 is 0 Å². The number of nitro benzene ring substituents is 1. The fraction of sp³-hybridized carbons (Fsp3) is 0.273. The second-order valence-electron chi connectivity index (χ2n) is 3.63. The van der Waals surface area contributed by atoms with Crippen LogP contribution in [-0.2, 0) is 4.79 Å². The minimum absolute atomic E-state index is 0.0266. The summed E-state index contributed by atoms with van der Waals surface area (Å²) >= 11 is 5.79. The van der Waals surface area contributed by atoms with Crippen LogP contribution in [0.2, 0.25) is 5.02 Å². The van der Waals surface area contributed by atoms with Gasteiger partial charge in [-0.25, -0.2) is 0 Å². The summed E-state index contributed by atoms with van der Waals surface area (Å²) in [5, 5.41) is 15.5. The maximum atomic E-state index is 11.8. The van der Waals surface area contributed by atoms with Crippen molar-refractivity contribution in [3.05, 3.63) is 38.9 Å². The van der Waals surface area contributed by atoms with E-state index < -0.39 is 10.8 Å². The van der Waals surface area contributed by atoms with E-state index in [0.717, 1.165) is 0 Å². The summed E-state index contributed by atoms with van der Waals surface area (Å²) in [6, 6.07) is 3.99. The van der Waals surface area contributed by atoms with Gasteiger partial charge in [0.15, 0.2) is 0 Å². The summed E-state index contributed by atoms with van der Waals surface area (Å²) in [6.07, 6.45) is 0. The zero-order valence-electron chi connectivity index (χ0n) is 10.1. The number of hydrogen-bond donors (Lipinski definition) is 2. The molecule has 0 aliphatic heterocycles. The summed E-state index contributed by atoms with van der Waals surface area (Å²) in [7, 11) is 0. The molecule has 7 nitrogen and oxygen atoms in total. The third-order valence-electron chi connectivity index (χ3n) is 2.20. The Bertz CT molecular complexity index is 519. The molecule has 0 saturated heterocycles. The molecule has 0 spiro atoms. The van der Waals surface area contributed by atoms with E-state index in [2.05, 4.69) is 10.6 Å². The maximum Gasteiger partial charge on any atom is 0.288 e. The van der Waals surface area contributed by atoms with Gasteiger partial charge in [-0.3, -0.25) is 19.7 Å². The number of nitrogens with one attached hydrogen (secondary N) is 2. The lowest BCUT2D eigenvalue weighted by molar-refractivity contribution is -0.384. The monoisotopic (exact) mass is 285 g/mol. The van der Waals surface area contributed by atoms with E-state index in [4.69, 9.17) is 11.6 Å². The van der Waals surface area contributed by atoms with Crippen LogP contribution in [0, 0.1) is 10.1 Å². The minimum Gasteiger partial charge on any atom is -0.355 e. The van der Waals surface area contributed by atoms with Gasteiger partial charge in [-0.05, 0) is 6.07 Å². The smallest absolute Gasteiger partial charge is 0.288 e. The fourth-order valence-corrected chi connectivity index (χ4v) is 1.63. The van der Waals surface area contributed by atoms with Crippen molar-refractivity contribution in [3.63, 3.8) is 0 Å². The van der Waals surface area contributed by atoms with Gasteiger partial charge in [0.25, 0.3) is 11.6 Å². The Morgan fingerprint density at radius 1 is 1.32 bits per heavy atom. The second kappa shape index (κ2) is 6.69. The van der Waals surface area contributed by atoms with Crippen LogP contribution < -0.4 is 10.6 Å². The van der Waals surface area contributed by atoms with Gasteiger partial charge in [0.05, 0.1) is 10.5 Å². The summed E-state index contributed by atoms with van der Waals surface area (Å²) in [4.78, 5) is 32.4. The molecule has 0 unspecified atom stereocenters. The molecule has 0 saturated carbocycles. The number of hydrogen-bond acceptors (Lipinski definition) is 4. The highest BCUT2D eigenvalue weighted by molar-refractivity contribution is 6.35. The van der Waals surface area contributed by atoms with Crippen LogP contribution in [0.4, 0.5) is 5.69 Å². The van der Waals surface area contributed by atoms with E-state index in [1.165, 1.54) is 25.1 Å². The molecule has 1 rings (SSSR count). The normalized spacial score (nSPS) is 9.79. The third kappa shape index (κ3) is 4.22. The Morgan fingerprint density at radius 2 is 1.95 bits per heavy atom. The first-order valence-electron chi connectivity index (χ1n) is 5.39. The Balaban J connectivity index is 2.70.